The van der Waals surface area contributed by atoms with Crippen LogP contribution < -0.4 is 4.90 Å². The smallest absolute Gasteiger partial charge is 0.0465 e. The molecule has 1 unspecified atom stereocenters. The molecule has 0 spiro atoms. The molecule has 0 fully saturated rings. The minimum absolute atomic E-state index is 0.145. The second-order valence-corrected chi connectivity index (χ2v) is 20.5. The quantitative estimate of drug-likeness (QED) is 0.144. The Labute approximate surface area is 422 Å². The van der Waals surface area contributed by atoms with E-state index in [1.807, 2.05) is 0 Å². The lowest BCUT2D eigenvalue weighted by molar-refractivity contribution is 0.660. The summed E-state index contributed by atoms with van der Waals surface area (Å²) in [6, 6.07) is 95.1. The number of fused-ring (bicyclic) bond motifs is 12. The van der Waals surface area contributed by atoms with Gasteiger partial charge in [-0.05, 0) is 171 Å². The third-order valence-corrected chi connectivity index (χ3v) is 16.3. The molecule has 2 aliphatic carbocycles. The number of hydrogen-bond donors (Lipinski definition) is 0. The molecule has 0 aliphatic heterocycles. The van der Waals surface area contributed by atoms with Crippen molar-refractivity contribution in [2.24, 2.45) is 0 Å². The van der Waals surface area contributed by atoms with E-state index in [9.17, 15) is 0 Å². The van der Waals surface area contributed by atoms with Gasteiger partial charge in [-0.3, -0.25) is 0 Å². The van der Waals surface area contributed by atoms with Crippen LogP contribution in [-0.2, 0) is 10.8 Å². The molecule has 0 saturated carbocycles. The van der Waals surface area contributed by atoms with Crippen molar-refractivity contribution in [1.82, 2.24) is 0 Å². The highest BCUT2D eigenvalue weighted by molar-refractivity contribution is 6.25. The number of anilines is 3. The summed E-state index contributed by atoms with van der Waals surface area (Å²) in [5.41, 5.74) is 22.0. The number of hydrogen-bond acceptors (Lipinski definition) is 1. The van der Waals surface area contributed by atoms with E-state index in [-0.39, 0.29) is 10.8 Å². The lowest BCUT2D eigenvalue weighted by atomic mass is 9.74. The van der Waals surface area contributed by atoms with Crippen molar-refractivity contribution < 1.29 is 0 Å². The second kappa shape index (κ2) is 16.1. The molecule has 0 N–H and O–H groups in total. The fourth-order valence-corrected chi connectivity index (χ4v) is 12.7. The van der Waals surface area contributed by atoms with E-state index in [0.29, 0.717) is 0 Å². The molecule has 2 aliphatic rings. The maximum Gasteiger partial charge on any atom is 0.0465 e. The molecule has 0 saturated heterocycles. The van der Waals surface area contributed by atoms with Crippen molar-refractivity contribution in [2.75, 3.05) is 4.90 Å². The number of nitrogens with zero attached hydrogens (tertiary/aromatic N) is 1. The van der Waals surface area contributed by atoms with Crippen LogP contribution in [0.15, 0.2) is 255 Å². The van der Waals surface area contributed by atoms with Crippen LogP contribution in [-0.4, -0.2) is 0 Å². The van der Waals surface area contributed by atoms with E-state index in [0.717, 1.165) is 17.1 Å². The molecule has 0 bridgehead atoms. The Morgan fingerprint density at radius 1 is 0.264 bits per heavy atom. The highest BCUT2D eigenvalue weighted by Crippen LogP contribution is 2.57. The van der Waals surface area contributed by atoms with E-state index in [2.05, 4.69) is 280 Å². The van der Waals surface area contributed by atoms with Crippen molar-refractivity contribution in [3.8, 4) is 55.6 Å². The van der Waals surface area contributed by atoms with Gasteiger partial charge in [-0.1, -0.05) is 220 Å². The van der Waals surface area contributed by atoms with E-state index in [1.54, 1.807) is 0 Å². The molecular formula is C71H51N. The van der Waals surface area contributed by atoms with Crippen LogP contribution in [0.5, 0.6) is 0 Å². The van der Waals surface area contributed by atoms with E-state index >= 15 is 0 Å². The van der Waals surface area contributed by atoms with Gasteiger partial charge in [0.15, 0.2) is 0 Å². The first-order chi connectivity index (χ1) is 35.3. The van der Waals surface area contributed by atoms with Crippen LogP contribution in [0.4, 0.5) is 17.1 Å². The van der Waals surface area contributed by atoms with Gasteiger partial charge in [0.1, 0.15) is 0 Å². The van der Waals surface area contributed by atoms with Gasteiger partial charge in [0.05, 0.1) is 0 Å². The third-order valence-electron chi connectivity index (χ3n) is 16.3. The largest absolute Gasteiger partial charge is 0.310 e. The summed E-state index contributed by atoms with van der Waals surface area (Å²) in [6.45, 7) is 7.17. The summed E-state index contributed by atoms with van der Waals surface area (Å²) >= 11 is 0. The molecule has 0 amide bonds. The van der Waals surface area contributed by atoms with Crippen LogP contribution in [0.25, 0.3) is 88.0 Å². The van der Waals surface area contributed by atoms with Crippen LogP contribution in [0.1, 0.15) is 48.6 Å². The summed E-state index contributed by atoms with van der Waals surface area (Å²) < 4.78 is 0. The monoisotopic (exact) mass is 917 g/mol. The van der Waals surface area contributed by atoms with Crippen LogP contribution >= 0.6 is 0 Å². The predicted molar refractivity (Wildman–Crippen MR) is 305 cm³/mol. The highest BCUT2D eigenvalue weighted by Gasteiger charge is 2.43. The molecule has 14 rings (SSSR count). The van der Waals surface area contributed by atoms with Crippen molar-refractivity contribution >= 4 is 49.4 Å². The van der Waals surface area contributed by atoms with Crippen molar-refractivity contribution in [3.63, 3.8) is 0 Å². The lowest BCUT2D eigenvalue weighted by Crippen LogP contribution is -2.23. The summed E-state index contributed by atoms with van der Waals surface area (Å²) in [5, 5.41) is 7.74. The topological polar surface area (TPSA) is 3.24 Å². The molecule has 12 aromatic rings. The summed E-state index contributed by atoms with van der Waals surface area (Å²) in [4.78, 5) is 2.48. The first kappa shape index (κ1) is 42.1. The molecule has 0 heterocycles. The van der Waals surface area contributed by atoms with Gasteiger partial charge in [-0.25, -0.2) is 0 Å². The van der Waals surface area contributed by atoms with Gasteiger partial charge in [0, 0.05) is 27.9 Å². The molecule has 1 heteroatoms. The molecule has 12 aromatic carbocycles. The van der Waals surface area contributed by atoms with Crippen LogP contribution in [0.3, 0.4) is 0 Å². The predicted octanol–water partition coefficient (Wildman–Crippen LogP) is 19.3. The normalized spacial score (nSPS) is 15.0. The first-order valence-corrected chi connectivity index (χ1v) is 25.3. The minimum atomic E-state index is -0.388. The molecular weight excluding hydrogens is 867 g/mol. The summed E-state index contributed by atoms with van der Waals surface area (Å²) in [7, 11) is 0. The Morgan fingerprint density at radius 2 is 0.736 bits per heavy atom. The Bertz CT molecular complexity index is 4090. The van der Waals surface area contributed by atoms with Gasteiger partial charge < -0.3 is 4.90 Å². The molecule has 0 radical (unpaired) electrons. The van der Waals surface area contributed by atoms with Gasteiger partial charge in [0.2, 0.25) is 0 Å². The van der Waals surface area contributed by atoms with E-state index < -0.39 is 0 Å². The summed E-state index contributed by atoms with van der Waals surface area (Å²) in [5.74, 6) is 0. The Kier molecular flexibility index (Phi) is 9.44. The Morgan fingerprint density at radius 3 is 1.44 bits per heavy atom. The van der Waals surface area contributed by atoms with Crippen LogP contribution in [0.2, 0.25) is 0 Å². The third kappa shape index (κ3) is 6.33. The fourth-order valence-electron chi connectivity index (χ4n) is 12.7. The Balaban J connectivity index is 0.904. The standard InChI is InChI=1S/C71H51N/c1-70(2)65-30-15-14-28-61(65)62-40-37-53(44-67(62)70)72(54-38-41-63-68(45-54)71(3,51-22-8-5-9-23-51)66-31-17-29-55(69(63)66)47-18-6-4-7-19-47)52-35-32-46(33-36-52)48-20-16-21-49(42-48)50-34-39-60-58-26-11-10-24-56(58)57-25-12-13-27-59(57)64(60)43-50/h4-45H,1-3H3. The van der Waals surface area contributed by atoms with Crippen LogP contribution in [0, 0.1) is 0 Å². The lowest BCUT2D eigenvalue weighted by Gasteiger charge is -2.31. The molecule has 1 atom stereocenters. The fraction of sp³-hybridized carbons (Fsp3) is 0.0704. The van der Waals surface area contributed by atoms with Gasteiger partial charge >= 0.3 is 0 Å². The van der Waals surface area contributed by atoms with Gasteiger partial charge in [-0.2, -0.15) is 0 Å². The maximum atomic E-state index is 2.48. The average Bonchev–Trinajstić information content (AvgIpc) is 3.84. The number of rotatable bonds is 7. The molecule has 340 valence electrons. The highest BCUT2D eigenvalue weighted by atomic mass is 15.1. The first-order valence-electron chi connectivity index (χ1n) is 25.3. The zero-order valence-corrected chi connectivity index (χ0v) is 40.7. The van der Waals surface area contributed by atoms with Crippen molar-refractivity contribution in [3.05, 3.63) is 283 Å². The van der Waals surface area contributed by atoms with Gasteiger partial charge in [0.25, 0.3) is 0 Å². The molecule has 72 heavy (non-hydrogen) atoms. The molecule has 1 nitrogen and oxygen atoms in total. The number of benzene rings is 12. The average molecular weight is 918 g/mol. The Hall–Kier alpha value is -8.78. The zero-order valence-electron chi connectivity index (χ0n) is 40.7. The van der Waals surface area contributed by atoms with Crippen molar-refractivity contribution in [2.45, 2.75) is 31.6 Å². The van der Waals surface area contributed by atoms with Gasteiger partial charge in [-0.15, -0.1) is 0 Å². The second-order valence-electron chi connectivity index (χ2n) is 20.5. The van der Waals surface area contributed by atoms with E-state index in [1.165, 1.54) is 116 Å². The zero-order chi connectivity index (χ0) is 48.1. The summed E-state index contributed by atoms with van der Waals surface area (Å²) in [6.07, 6.45) is 0. The maximum absolute atomic E-state index is 2.48. The minimum Gasteiger partial charge on any atom is -0.310 e. The molecule has 0 aromatic heterocycles. The van der Waals surface area contributed by atoms with Crippen molar-refractivity contribution in [1.29, 1.82) is 0 Å². The SMILES string of the molecule is CC1(C)c2ccccc2-c2ccc(N(c3ccc(-c4cccc(-c5ccc6c7ccccc7c7ccccc7c6c5)c4)cc3)c3ccc4c(c3)C(C)(c3ccccc3)c3cccc(-c5ccccc5)c3-4)cc21. The van der Waals surface area contributed by atoms with E-state index in [4.69, 9.17) is 0 Å².